The lowest BCUT2D eigenvalue weighted by Crippen LogP contribution is -2.86. The van der Waals surface area contributed by atoms with Crippen LogP contribution in [0, 0.1) is 0 Å². The minimum atomic E-state index is -3.72. The average molecular weight is 492 g/mol. The summed E-state index contributed by atoms with van der Waals surface area (Å²) in [5.74, 6) is -4.15. The van der Waals surface area contributed by atoms with Gasteiger partial charge in [-0.15, -0.1) is 0 Å². The van der Waals surface area contributed by atoms with E-state index in [1.807, 2.05) is 0 Å². The highest BCUT2D eigenvalue weighted by molar-refractivity contribution is 6.18. The minimum absolute atomic E-state index is 0.216. The summed E-state index contributed by atoms with van der Waals surface area (Å²) >= 11 is 0. The summed E-state index contributed by atoms with van der Waals surface area (Å²) < 4.78 is 5.19. The number of benzene rings is 3. The van der Waals surface area contributed by atoms with Crippen LogP contribution in [0.25, 0.3) is 0 Å². The molecule has 5 N–H and O–H groups in total. The molecule has 186 valence electrons. The Labute approximate surface area is 205 Å². The van der Waals surface area contributed by atoms with Gasteiger partial charge in [0.1, 0.15) is 6.10 Å². The lowest BCUT2D eigenvalue weighted by atomic mass is 9.58. The fourth-order valence-electron chi connectivity index (χ4n) is 4.58. The van der Waals surface area contributed by atoms with Crippen LogP contribution in [0.2, 0.25) is 0 Å². The van der Waals surface area contributed by atoms with Crippen molar-refractivity contribution in [3.05, 3.63) is 108 Å². The van der Waals surface area contributed by atoms with Crippen LogP contribution in [0.15, 0.2) is 91.0 Å². The Balaban J connectivity index is 2.05. The molecule has 1 heterocycles. The molecule has 1 saturated heterocycles. The van der Waals surface area contributed by atoms with E-state index in [-0.39, 0.29) is 16.7 Å². The van der Waals surface area contributed by atoms with Crippen molar-refractivity contribution in [2.24, 2.45) is 0 Å². The number of carbonyl (C=O) groups is 3. The third kappa shape index (κ3) is 3.53. The number of rotatable bonds is 7. The Morgan fingerprint density at radius 1 is 0.639 bits per heavy atom. The zero-order valence-electron chi connectivity index (χ0n) is 18.9. The maximum Gasteiger partial charge on any atom is 0.218 e. The molecule has 5 atom stereocenters. The molecule has 9 nitrogen and oxygen atoms in total. The molecule has 3 aromatic carbocycles. The third-order valence-electron chi connectivity index (χ3n) is 6.51. The number of ether oxygens (including phenoxy) is 1. The van der Waals surface area contributed by atoms with Gasteiger partial charge in [0.25, 0.3) is 0 Å². The first kappa shape index (κ1) is 25.5. The maximum absolute atomic E-state index is 13.9. The Morgan fingerprint density at radius 3 is 1.39 bits per heavy atom. The molecule has 0 aliphatic carbocycles. The van der Waals surface area contributed by atoms with Crippen LogP contribution in [-0.2, 0) is 4.74 Å². The second-order valence-electron chi connectivity index (χ2n) is 8.49. The van der Waals surface area contributed by atoms with Crippen molar-refractivity contribution in [2.75, 3.05) is 6.61 Å². The number of ketones is 3. The summed E-state index contributed by atoms with van der Waals surface area (Å²) in [5.41, 5.74) is -11.5. The monoisotopic (exact) mass is 492 g/mol. The van der Waals surface area contributed by atoms with Crippen molar-refractivity contribution in [1.29, 1.82) is 0 Å². The highest BCUT2D eigenvalue weighted by atomic mass is 16.6. The Hall–Kier alpha value is -3.57. The molecule has 36 heavy (non-hydrogen) atoms. The lowest BCUT2D eigenvalue weighted by Gasteiger charge is -2.56. The Kier molecular flexibility index (Phi) is 6.72. The van der Waals surface area contributed by atoms with E-state index in [4.69, 9.17) is 4.74 Å². The van der Waals surface area contributed by atoms with E-state index in [0.717, 1.165) is 0 Å². The van der Waals surface area contributed by atoms with Crippen molar-refractivity contribution in [2.45, 2.75) is 29.2 Å². The number of carbonyl (C=O) groups excluding carboxylic acids is 3. The number of aliphatic hydroxyl groups is 5. The van der Waals surface area contributed by atoms with Crippen LogP contribution in [0.1, 0.15) is 31.1 Å². The largest absolute Gasteiger partial charge is 0.394 e. The van der Waals surface area contributed by atoms with Gasteiger partial charge in [-0.3, -0.25) is 14.4 Å². The van der Waals surface area contributed by atoms with E-state index in [1.54, 1.807) is 18.2 Å². The van der Waals surface area contributed by atoms with Crippen LogP contribution in [0.5, 0.6) is 0 Å². The maximum atomic E-state index is 13.9. The van der Waals surface area contributed by atoms with Gasteiger partial charge < -0.3 is 30.3 Å². The molecule has 0 aromatic heterocycles. The SMILES string of the molecule is O=C(c1ccccc1)[C@]1(O)[C@@](O)(C(=O)c2ccccc2)[C@@H](CO)O[C@H](O)[C@@]1(O)C(=O)c1ccccc1. The van der Waals surface area contributed by atoms with Crippen LogP contribution >= 0.6 is 0 Å². The molecular formula is C27H24O9. The van der Waals surface area contributed by atoms with Gasteiger partial charge in [-0.2, -0.15) is 0 Å². The second kappa shape index (κ2) is 9.47. The van der Waals surface area contributed by atoms with E-state index >= 15 is 0 Å². The topological polar surface area (TPSA) is 162 Å². The lowest BCUT2D eigenvalue weighted by molar-refractivity contribution is -0.348. The summed E-state index contributed by atoms with van der Waals surface area (Å²) in [7, 11) is 0. The van der Waals surface area contributed by atoms with E-state index in [9.17, 15) is 39.9 Å². The smallest absolute Gasteiger partial charge is 0.218 e. The summed E-state index contributed by atoms with van der Waals surface area (Å²) in [5, 5.41) is 56.7. The van der Waals surface area contributed by atoms with Gasteiger partial charge in [0.05, 0.1) is 6.61 Å². The summed E-state index contributed by atoms with van der Waals surface area (Å²) in [6, 6.07) is 20.8. The summed E-state index contributed by atoms with van der Waals surface area (Å²) in [4.78, 5) is 41.3. The molecule has 1 aliphatic rings. The van der Waals surface area contributed by atoms with E-state index in [2.05, 4.69) is 0 Å². The first-order valence-electron chi connectivity index (χ1n) is 11.0. The van der Waals surface area contributed by atoms with Crippen LogP contribution in [0.3, 0.4) is 0 Å². The summed E-state index contributed by atoms with van der Waals surface area (Å²) in [6.45, 7) is -1.16. The zero-order chi connectivity index (χ0) is 26.1. The molecule has 1 fully saturated rings. The first-order valence-corrected chi connectivity index (χ1v) is 11.0. The van der Waals surface area contributed by atoms with Gasteiger partial charge in [0, 0.05) is 16.7 Å². The zero-order valence-corrected chi connectivity index (χ0v) is 18.9. The van der Waals surface area contributed by atoms with Gasteiger partial charge in [0.15, 0.2) is 11.9 Å². The number of Topliss-reactive ketones (excluding diaryl/α,β-unsaturated/α-hetero) is 3. The number of hydrogen-bond donors (Lipinski definition) is 5. The van der Waals surface area contributed by atoms with E-state index in [1.165, 1.54) is 72.8 Å². The van der Waals surface area contributed by atoms with E-state index < -0.39 is 53.2 Å². The molecule has 3 aromatic rings. The standard InChI is InChI=1S/C27H24O9/c28-16-20-25(33,21(29)17-10-4-1-5-11-17)27(35,23(31)19-14-8-3-9-15-19)26(34,24(32)36-20)22(30)18-12-6-2-7-13-18/h1-15,20,24,28,32-35H,16H2/t20-,24+,25+,26+,27+/m1/s1. The van der Waals surface area contributed by atoms with Crippen molar-refractivity contribution >= 4 is 17.3 Å². The highest BCUT2D eigenvalue weighted by Crippen LogP contribution is 2.48. The Bertz CT molecular complexity index is 1260. The predicted octanol–water partition coefficient (Wildman–Crippen LogP) is 0.538. The summed E-state index contributed by atoms with van der Waals surface area (Å²) in [6.07, 6.45) is -4.73. The van der Waals surface area contributed by atoms with Gasteiger partial charge in [-0.25, -0.2) is 0 Å². The van der Waals surface area contributed by atoms with E-state index in [0.29, 0.717) is 0 Å². The van der Waals surface area contributed by atoms with Crippen molar-refractivity contribution in [3.63, 3.8) is 0 Å². The highest BCUT2D eigenvalue weighted by Gasteiger charge is 2.80. The van der Waals surface area contributed by atoms with Crippen LogP contribution in [-0.4, -0.2) is 78.7 Å². The number of hydrogen-bond acceptors (Lipinski definition) is 9. The van der Waals surface area contributed by atoms with Gasteiger partial charge >= 0.3 is 0 Å². The fraction of sp³-hybridized carbons (Fsp3) is 0.222. The molecule has 1 aliphatic heterocycles. The van der Waals surface area contributed by atoms with Crippen molar-refractivity contribution in [3.8, 4) is 0 Å². The molecule has 9 heteroatoms. The average Bonchev–Trinajstić information content (AvgIpc) is 2.93. The second-order valence-corrected chi connectivity index (χ2v) is 8.49. The van der Waals surface area contributed by atoms with Crippen molar-refractivity contribution in [1.82, 2.24) is 0 Å². The van der Waals surface area contributed by atoms with Crippen molar-refractivity contribution < 1.29 is 44.7 Å². The third-order valence-corrected chi connectivity index (χ3v) is 6.51. The molecule has 0 radical (unpaired) electrons. The first-order chi connectivity index (χ1) is 17.1. The fourth-order valence-corrected chi connectivity index (χ4v) is 4.58. The van der Waals surface area contributed by atoms with Crippen LogP contribution < -0.4 is 0 Å². The normalized spacial score (nSPS) is 29.9. The quantitative estimate of drug-likeness (QED) is 0.296. The molecule has 0 spiro atoms. The minimum Gasteiger partial charge on any atom is -0.394 e. The molecule has 0 unspecified atom stereocenters. The molecule has 0 bridgehead atoms. The molecule has 4 rings (SSSR count). The van der Waals surface area contributed by atoms with Gasteiger partial charge in [0.2, 0.25) is 28.6 Å². The predicted molar refractivity (Wildman–Crippen MR) is 125 cm³/mol. The molecule has 0 amide bonds. The van der Waals surface area contributed by atoms with Crippen LogP contribution in [0.4, 0.5) is 0 Å². The van der Waals surface area contributed by atoms with Gasteiger partial charge in [-0.1, -0.05) is 91.0 Å². The molecular weight excluding hydrogens is 468 g/mol. The Morgan fingerprint density at radius 2 is 1.00 bits per heavy atom. The number of aliphatic hydroxyl groups excluding tert-OH is 2. The van der Waals surface area contributed by atoms with Gasteiger partial charge in [-0.05, 0) is 0 Å². The molecule has 0 saturated carbocycles.